The standard InChI is InChI=1S/C22H36/c1-3-5-7-9-10-12-14-17-22-19-15-18-21(20-22)16-13-11-8-6-4-2/h10,12-14,16-18,22H,3-9,11,15,19-20H2,1-2H3. The van der Waals surface area contributed by atoms with E-state index in [0.717, 1.165) is 5.92 Å². The summed E-state index contributed by atoms with van der Waals surface area (Å²) in [7, 11) is 0. The zero-order valence-electron chi connectivity index (χ0n) is 14.9. The van der Waals surface area contributed by atoms with Gasteiger partial charge >= 0.3 is 0 Å². The van der Waals surface area contributed by atoms with Gasteiger partial charge in [-0.1, -0.05) is 87.6 Å². The van der Waals surface area contributed by atoms with Crippen LogP contribution in [-0.2, 0) is 0 Å². The van der Waals surface area contributed by atoms with Crippen molar-refractivity contribution < 1.29 is 0 Å². The average Bonchev–Trinajstić information content (AvgIpc) is 2.54. The molecule has 0 saturated heterocycles. The van der Waals surface area contributed by atoms with Crippen molar-refractivity contribution >= 4 is 0 Å². The third-order valence-electron chi connectivity index (χ3n) is 4.35. The fraction of sp³-hybridized carbons (Fsp3) is 0.636. The Hall–Kier alpha value is -1.04. The number of allylic oxidation sites excluding steroid dienone is 8. The molecule has 22 heavy (non-hydrogen) atoms. The van der Waals surface area contributed by atoms with Gasteiger partial charge in [0, 0.05) is 0 Å². The Morgan fingerprint density at radius 3 is 2.41 bits per heavy atom. The quantitative estimate of drug-likeness (QED) is 0.273. The number of hydrogen-bond acceptors (Lipinski definition) is 0. The van der Waals surface area contributed by atoms with Gasteiger partial charge in [-0.3, -0.25) is 0 Å². The lowest BCUT2D eigenvalue weighted by molar-refractivity contribution is 0.570. The van der Waals surface area contributed by atoms with Gasteiger partial charge in [0.15, 0.2) is 0 Å². The second kappa shape index (κ2) is 13.6. The van der Waals surface area contributed by atoms with Crippen molar-refractivity contribution in [3.63, 3.8) is 0 Å². The molecule has 0 aromatic carbocycles. The molecule has 0 spiro atoms. The van der Waals surface area contributed by atoms with Crippen LogP contribution in [-0.4, -0.2) is 0 Å². The second-order valence-corrected chi connectivity index (χ2v) is 6.53. The zero-order chi connectivity index (χ0) is 15.9. The molecule has 0 saturated carbocycles. The van der Waals surface area contributed by atoms with Gasteiger partial charge in [-0.05, 0) is 50.9 Å². The van der Waals surface area contributed by atoms with E-state index in [9.17, 15) is 0 Å². The number of unbranched alkanes of at least 4 members (excludes halogenated alkanes) is 6. The Bertz CT molecular complexity index is 367. The van der Waals surface area contributed by atoms with Crippen LogP contribution in [0.25, 0.3) is 0 Å². The molecular weight excluding hydrogens is 264 g/mol. The van der Waals surface area contributed by atoms with Gasteiger partial charge in [0.25, 0.3) is 0 Å². The van der Waals surface area contributed by atoms with Crippen LogP contribution in [0.1, 0.15) is 84.5 Å². The van der Waals surface area contributed by atoms with E-state index in [-0.39, 0.29) is 0 Å². The molecule has 1 aliphatic carbocycles. The Morgan fingerprint density at radius 1 is 0.955 bits per heavy atom. The lowest BCUT2D eigenvalue weighted by Gasteiger charge is -2.17. The summed E-state index contributed by atoms with van der Waals surface area (Å²) in [5, 5.41) is 0. The first-order valence-electron chi connectivity index (χ1n) is 9.55. The monoisotopic (exact) mass is 300 g/mol. The van der Waals surface area contributed by atoms with Crippen molar-refractivity contribution in [1.29, 1.82) is 0 Å². The maximum absolute atomic E-state index is 2.43. The molecule has 0 bridgehead atoms. The molecule has 1 unspecified atom stereocenters. The van der Waals surface area contributed by atoms with Gasteiger partial charge in [-0.25, -0.2) is 0 Å². The predicted octanol–water partition coefficient (Wildman–Crippen LogP) is 7.54. The summed E-state index contributed by atoms with van der Waals surface area (Å²) in [5.74, 6) is 0.737. The van der Waals surface area contributed by atoms with Gasteiger partial charge in [-0.2, -0.15) is 0 Å². The molecule has 0 nitrogen and oxygen atoms in total. The largest absolute Gasteiger partial charge is 0.0845 e. The van der Waals surface area contributed by atoms with Crippen molar-refractivity contribution in [2.75, 3.05) is 0 Å². The summed E-state index contributed by atoms with van der Waals surface area (Å²) in [5.41, 5.74) is 1.55. The molecule has 0 amide bonds. The van der Waals surface area contributed by atoms with Crippen molar-refractivity contribution in [1.82, 2.24) is 0 Å². The molecule has 0 heterocycles. The Balaban J connectivity index is 2.22. The maximum atomic E-state index is 2.43. The Kier molecular flexibility index (Phi) is 11.8. The highest BCUT2D eigenvalue weighted by Gasteiger charge is 2.10. The summed E-state index contributed by atoms with van der Waals surface area (Å²) >= 11 is 0. The fourth-order valence-electron chi connectivity index (χ4n) is 2.93. The van der Waals surface area contributed by atoms with Gasteiger partial charge in [0.05, 0.1) is 0 Å². The first kappa shape index (κ1) is 19.0. The molecule has 1 rings (SSSR count). The van der Waals surface area contributed by atoms with Crippen LogP contribution < -0.4 is 0 Å². The minimum Gasteiger partial charge on any atom is -0.0845 e. The second-order valence-electron chi connectivity index (χ2n) is 6.53. The van der Waals surface area contributed by atoms with Gasteiger partial charge in [-0.15, -0.1) is 0 Å². The van der Waals surface area contributed by atoms with E-state index in [0.29, 0.717) is 0 Å². The lowest BCUT2D eigenvalue weighted by Crippen LogP contribution is -2.02. The zero-order valence-corrected chi connectivity index (χ0v) is 14.9. The molecule has 0 aromatic heterocycles. The van der Waals surface area contributed by atoms with E-state index in [1.807, 2.05) is 0 Å². The van der Waals surface area contributed by atoms with Crippen molar-refractivity contribution in [3.8, 4) is 0 Å². The van der Waals surface area contributed by atoms with Crippen molar-refractivity contribution in [3.05, 3.63) is 48.1 Å². The predicted molar refractivity (Wildman–Crippen MR) is 101 cm³/mol. The van der Waals surface area contributed by atoms with Crippen LogP contribution in [0.2, 0.25) is 0 Å². The van der Waals surface area contributed by atoms with E-state index in [1.54, 1.807) is 5.57 Å². The SMILES string of the molecule is CCCCCC=CC=CC1CCC=C(C=CCCCCC)C1. The Labute approximate surface area is 139 Å². The normalized spacial score (nSPS) is 19.5. The molecule has 1 atom stereocenters. The number of hydrogen-bond donors (Lipinski definition) is 0. The summed E-state index contributed by atoms with van der Waals surface area (Å²) in [6.07, 6.45) is 30.7. The van der Waals surface area contributed by atoms with Gasteiger partial charge in [0.2, 0.25) is 0 Å². The Morgan fingerprint density at radius 2 is 1.68 bits per heavy atom. The van der Waals surface area contributed by atoms with Crippen LogP contribution in [0.3, 0.4) is 0 Å². The summed E-state index contributed by atoms with van der Waals surface area (Å²) in [6.45, 7) is 4.53. The van der Waals surface area contributed by atoms with E-state index in [1.165, 1.54) is 70.6 Å². The number of rotatable bonds is 11. The third kappa shape index (κ3) is 9.82. The molecule has 0 radical (unpaired) electrons. The molecule has 0 aliphatic heterocycles. The van der Waals surface area contributed by atoms with Crippen LogP contribution in [0.5, 0.6) is 0 Å². The molecule has 0 heteroatoms. The van der Waals surface area contributed by atoms with Gasteiger partial charge in [0.1, 0.15) is 0 Å². The summed E-state index contributed by atoms with van der Waals surface area (Å²) in [4.78, 5) is 0. The van der Waals surface area contributed by atoms with Crippen LogP contribution in [0, 0.1) is 5.92 Å². The van der Waals surface area contributed by atoms with Crippen LogP contribution >= 0.6 is 0 Å². The molecule has 1 aliphatic rings. The average molecular weight is 301 g/mol. The van der Waals surface area contributed by atoms with Crippen LogP contribution in [0.4, 0.5) is 0 Å². The summed E-state index contributed by atoms with van der Waals surface area (Å²) < 4.78 is 0. The maximum Gasteiger partial charge on any atom is -0.0187 e. The first-order chi connectivity index (χ1) is 10.9. The van der Waals surface area contributed by atoms with Gasteiger partial charge < -0.3 is 0 Å². The van der Waals surface area contributed by atoms with E-state index >= 15 is 0 Å². The minimum absolute atomic E-state index is 0.737. The lowest BCUT2D eigenvalue weighted by atomic mass is 9.88. The van der Waals surface area contributed by atoms with E-state index < -0.39 is 0 Å². The van der Waals surface area contributed by atoms with Crippen LogP contribution in [0.15, 0.2) is 48.1 Å². The highest BCUT2D eigenvalue weighted by Crippen LogP contribution is 2.26. The molecular formula is C22H36. The third-order valence-corrected chi connectivity index (χ3v) is 4.35. The fourth-order valence-corrected chi connectivity index (χ4v) is 2.93. The molecule has 0 aromatic rings. The van der Waals surface area contributed by atoms with E-state index in [4.69, 9.17) is 0 Å². The highest BCUT2D eigenvalue weighted by atomic mass is 14.2. The highest BCUT2D eigenvalue weighted by molar-refractivity contribution is 5.23. The summed E-state index contributed by atoms with van der Waals surface area (Å²) in [6, 6.07) is 0. The van der Waals surface area contributed by atoms with Crippen molar-refractivity contribution in [2.45, 2.75) is 84.5 Å². The molecule has 124 valence electrons. The minimum atomic E-state index is 0.737. The smallest absolute Gasteiger partial charge is 0.0187 e. The molecule has 0 fully saturated rings. The molecule has 0 N–H and O–H groups in total. The first-order valence-corrected chi connectivity index (χ1v) is 9.55. The topological polar surface area (TPSA) is 0 Å². The van der Waals surface area contributed by atoms with E-state index in [2.05, 4.69) is 56.4 Å². The van der Waals surface area contributed by atoms with Crippen molar-refractivity contribution in [2.24, 2.45) is 5.92 Å².